The van der Waals surface area contributed by atoms with E-state index >= 15 is 0 Å². The molecule has 11 heteroatoms. The summed E-state index contributed by atoms with van der Waals surface area (Å²) in [6.07, 6.45) is 2.82. The molecule has 0 aromatic heterocycles. The Morgan fingerprint density at radius 1 is 0.648 bits per heavy atom. The summed E-state index contributed by atoms with van der Waals surface area (Å²) in [5.41, 5.74) is 6.22. The van der Waals surface area contributed by atoms with E-state index in [1.165, 1.54) is 24.8 Å². The van der Waals surface area contributed by atoms with Gasteiger partial charge in [0.05, 0.1) is 21.3 Å². The molecule has 0 saturated carbocycles. The molecule has 0 N–H and O–H groups in total. The number of benzene rings is 5. The predicted octanol–water partition coefficient (Wildman–Crippen LogP) is 7.92. The van der Waals surface area contributed by atoms with Gasteiger partial charge in [0, 0.05) is 30.7 Å². The molecule has 9 rings (SSSR count). The highest BCUT2D eigenvalue weighted by molar-refractivity contribution is 7.87. The van der Waals surface area contributed by atoms with E-state index in [-0.39, 0.29) is 34.2 Å². The van der Waals surface area contributed by atoms with Crippen LogP contribution in [0.5, 0.6) is 46.0 Å². The molecule has 0 fully saturated rings. The standard InChI is InChI=1S/C43H44N2O8S/c1-44-19-17-29-24-37(49-4)39-26-33(29)34(44)21-27-11-14-31(15-12-27)51-38-23-28(13-16-36(38)48-3)22-35-41-30(18-20-45(35)2)25-40(50-5)42(43(41)52-39)53-54(46,47)32-9-7-6-8-10-32/h6-16,23-26,34-35H,17-22H2,1-5H3. The van der Waals surface area contributed by atoms with E-state index < -0.39 is 10.1 Å². The van der Waals surface area contributed by atoms with Crippen LogP contribution in [0.25, 0.3) is 0 Å². The number of nitrogens with zero attached hydrogens (tertiary/aromatic N) is 2. The Morgan fingerprint density at radius 3 is 2.00 bits per heavy atom. The number of methoxy groups -OCH3 is 3. The van der Waals surface area contributed by atoms with Gasteiger partial charge in [-0.1, -0.05) is 36.4 Å². The molecular formula is C43H44N2O8S. The predicted molar refractivity (Wildman–Crippen MR) is 205 cm³/mol. The van der Waals surface area contributed by atoms with Crippen molar-refractivity contribution in [2.45, 2.75) is 42.7 Å². The van der Waals surface area contributed by atoms with Crippen LogP contribution in [0.1, 0.15) is 45.5 Å². The van der Waals surface area contributed by atoms with Crippen LogP contribution in [0.4, 0.5) is 0 Å². The van der Waals surface area contributed by atoms with Crippen LogP contribution in [0.3, 0.4) is 0 Å². The maximum absolute atomic E-state index is 14.0. The highest BCUT2D eigenvalue weighted by Gasteiger charge is 2.36. The van der Waals surface area contributed by atoms with E-state index in [1.807, 2.05) is 42.5 Å². The molecule has 10 nitrogen and oxygen atoms in total. The summed E-state index contributed by atoms with van der Waals surface area (Å²) in [7, 11) is 4.66. The van der Waals surface area contributed by atoms with Crippen LogP contribution in [-0.4, -0.2) is 66.7 Å². The van der Waals surface area contributed by atoms with Crippen molar-refractivity contribution in [2.24, 2.45) is 0 Å². The van der Waals surface area contributed by atoms with Gasteiger partial charge in [-0.2, -0.15) is 8.42 Å². The number of likely N-dealkylation sites (N-methyl/N-ethyl adjacent to an activating group) is 2. The summed E-state index contributed by atoms with van der Waals surface area (Å²) in [5, 5.41) is 0. The Kier molecular flexibility index (Phi) is 9.64. The second kappa shape index (κ2) is 14.5. The fourth-order valence-corrected chi connectivity index (χ4v) is 8.87. The van der Waals surface area contributed by atoms with Gasteiger partial charge < -0.3 is 27.9 Å². The zero-order chi connectivity index (χ0) is 37.6. The molecule has 2 unspecified atom stereocenters. The van der Waals surface area contributed by atoms with E-state index in [1.54, 1.807) is 32.4 Å². The van der Waals surface area contributed by atoms with Gasteiger partial charge in [-0.05, 0) is 122 Å². The molecule has 4 aliphatic rings. The first-order valence-corrected chi connectivity index (χ1v) is 19.5. The van der Waals surface area contributed by atoms with Gasteiger partial charge in [-0.25, -0.2) is 0 Å². The summed E-state index contributed by atoms with van der Waals surface area (Å²) in [6.45, 7) is 1.63. The molecule has 4 aliphatic heterocycles. The van der Waals surface area contributed by atoms with Gasteiger partial charge in [-0.15, -0.1) is 0 Å². The number of fused-ring (bicyclic) bond motifs is 2. The Balaban J connectivity index is 1.38. The van der Waals surface area contributed by atoms with E-state index in [0.717, 1.165) is 53.7 Å². The lowest BCUT2D eigenvalue weighted by Crippen LogP contribution is -2.34. The number of hydrogen-bond donors (Lipinski definition) is 0. The third kappa shape index (κ3) is 6.72. The monoisotopic (exact) mass is 748 g/mol. The lowest BCUT2D eigenvalue weighted by Gasteiger charge is -2.37. The van der Waals surface area contributed by atoms with Crippen LogP contribution in [0, 0.1) is 0 Å². The molecule has 5 aromatic carbocycles. The van der Waals surface area contributed by atoms with Gasteiger partial charge in [0.1, 0.15) is 10.6 Å². The van der Waals surface area contributed by atoms with E-state index in [0.29, 0.717) is 41.6 Å². The molecular weight excluding hydrogens is 705 g/mol. The molecule has 4 heterocycles. The quantitative estimate of drug-likeness (QED) is 0.160. The Morgan fingerprint density at radius 2 is 1.28 bits per heavy atom. The minimum absolute atomic E-state index is 0.0154. The maximum atomic E-state index is 14.0. The van der Waals surface area contributed by atoms with Crippen molar-refractivity contribution in [1.29, 1.82) is 0 Å². The van der Waals surface area contributed by atoms with Crippen LogP contribution < -0.4 is 27.9 Å². The molecule has 6 bridgehead atoms. The summed E-state index contributed by atoms with van der Waals surface area (Å²) in [6, 6.07) is 28.0. The Hall–Kier alpha value is -5.23. The van der Waals surface area contributed by atoms with Crippen molar-refractivity contribution in [3.63, 3.8) is 0 Å². The Bertz CT molecular complexity index is 2300. The number of hydrogen-bond acceptors (Lipinski definition) is 10. The normalized spacial score (nSPS) is 18.3. The zero-order valence-electron chi connectivity index (χ0n) is 31.1. The highest BCUT2D eigenvalue weighted by Crippen LogP contribution is 2.52. The van der Waals surface area contributed by atoms with Crippen molar-refractivity contribution in [2.75, 3.05) is 48.5 Å². The van der Waals surface area contributed by atoms with Crippen LogP contribution in [0.15, 0.2) is 95.9 Å². The number of rotatable bonds is 6. The van der Waals surface area contributed by atoms with Gasteiger partial charge in [0.25, 0.3) is 0 Å². The van der Waals surface area contributed by atoms with E-state index in [4.69, 9.17) is 27.9 Å². The third-order valence-electron chi connectivity index (χ3n) is 10.9. The molecule has 280 valence electrons. The third-order valence-corrected chi connectivity index (χ3v) is 12.1. The second-order valence-electron chi connectivity index (χ2n) is 14.1. The van der Waals surface area contributed by atoms with Crippen molar-refractivity contribution < 1.29 is 36.3 Å². The first-order valence-electron chi connectivity index (χ1n) is 18.1. The SMILES string of the molecule is COc1ccc2cc1Oc1ccc(cc1)CC1c3cc(c(OC)cc3CCN1C)Oc1c(OS(=O)(=O)c3ccccc3)c(OC)cc3c1C(C2)N(C)CC3. The molecule has 54 heavy (non-hydrogen) atoms. The van der Waals surface area contributed by atoms with E-state index in [2.05, 4.69) is 42.1 Å². The largest absolute Gasteiger partial charge is 0.493 e. The topological polar surface area (TPSA) is 96.0 Å². The molecule has 0 radical (unpaired) electrons. The summed E-state index contributed by atoms with van der Waals surface area (Å²) in [4.78, 5) is 4.63. The van der Waals surface area contributed by atoms with Crippen LogP contribution in [-0.2, 0) is 35.8 Å². The van der Waals surface area contributed by atoms with Crippen molar-refractivity contribution >= 4 is 10.1 Å². The highest BCUT2D eigenvalue weighted by atomic mass is 32.2. The van der Waals surface area contributed by atoms with E-state index in [9.17, 15) is 8.42 Å². The van der Waals surface area contributed by atoms with Gasteiger partial charge in [0.15, 0.2) is 34.5 Å². The van der Waals surface area contributed by atoms with Crippen LogP contribution >= 0.6 is 0 Å². The van der Waals surface area contributed by atoms with Crippen molar-refractivity contribution in [1.82, 2.24) is 9.80 Å². The summed E-state index contributed by atoms with van der Waals surface area (Å²) < 4.78 is 65.1. The molecule has 0 aliphatic carbocycles. The second-order valence-corrected chi connectivity index (χ2v) is 15.6. The first-order chi connectivity index (χ1) is 26.1. The van der Waals surface area contributed by atoms with Crippen molar-refractivity contribution in [3.05, 3.63) is 124 Å². The lowest BCUT2D eigenvalue weighted by atomic mass is 9.87. The molecule has 5 aromatic rings. The molecule has 0 spiro atoms. The summed E-state index contributed by atoms with van der Waals surface area (Å²) >= 11 is 0. The van der Waals surface area contributed by atoms with Gasteiger partial charge in [-0.3, -0.25) is 9.80 Å². The van der Waals surface area contributed by atoms with Gasteiger partial charge >= 0.3 is 10.1 Å². The van der Waals surface area contributed by atoms with Crippen molar-refractivity contribution in [3.8, 4) is 46.0 Å². The zero-order valence-corrected chi connectivity index (χ0v) is 31.9. The average molecular weight is 749 g/mol. The summed E-state index contributed by atoms with van der Waals surface area (Å²) in [5.74, 6) is 3.42. The Labute approximate surface area is 316 Å². The lowest BCUT2D eigenvalue weighted by molar-refractivity contribution is 0.221. The number of ether oxygens (including phenoxy) is 5. The van der Waals surface area contributed by atoms with Crippen LogP contribution in [0.2, 0.25) is 0 Å². The minimum Gasteiger partial charge on any atom is -0.493 e. The average Bonchev–Trinajstić information content (AvgIpc) is 3.18. The fraction of sp³-hybridized carbons (Fsp3) is 0.302. The first kappa shape index (κ1) is 35.8. The molecule has 2 atom stereocenters. The fourth-order valence-electron chi connectivity index (χ4n) is 7.91. The maximum Gasteiger partial charge on any atom is 0.339 e. The minimum atomic E-state index is -4.31. The molecule has 0 amide bonds. The van der Waals surface area contributed by atoms with Gasteiger partial charge in [0.2, 0.25) is 5.75 Å². The smallest absolute Gasteiger partial charge is 0.339 e. The molecule has 0 saturated heterocycles.